The van der Waals surface area contributed by atoms with Crippen molar-refractivity contribution >= 4 is 0 Å². The molecule has 0 radical (unpaired) electrons. The van der Waals surface area contributed by atoms with Gasteiger partial charge in [0.2, 0.25) is 0 Å². The van der Waals surface area contributed by atoms with Crippen LogP contribution in [0.25, 0.3) is 11.4 Å². The van der Waals surface area contributed by atoms with Gasteiger partial charge in [0.05, 0.1) is 6.04 Å². The molecule has 2 aromatic carbocycles. The molecule has 1 aromatic heterocycles. The molecule has 0 amide bonds. The molecule has 1 atom stereocenters. The second-order valence-corrected chi connectivity index (χ2v) is 4.44. The molecule has 0 aliphatic heterocycles. The van der Waals surface area contributed by atoms with Crippen LogP contribution < -0.4 is 5.73 Å². The second kappa shape index (κ2) is 5.22. The number of halogens is 1. The Morgan fingerprint density at radius 3 is 2.40 bits per heavy atom. The number of rotatable bonds is 3. The highest BCUT2D eigenvalue weighted by Gasteiger charge is 2.14. The number of H-pyrrole nitrogens is 1. The third-order valence-electron chi connectivity index (χ3n) is 3.06. The van der Waals surface area contributed by atoms with Gasteiger partial charge in [-0.2, -0.15) is 5.10 Å². The molecule has 5 heteroatoms. The van der Waals surface area contributed by atoms with E-state index in [0.29, 0.717) is 11.6 Å². The van der Waals surface area contributed by atoms with Crippen molar-refractivity contribution in [1.82, 2.24) is 15.2 Å². The topological polar surface area (TPSA) is 67.6 Å². The van der Waals surface area contributed by atoms with Gasteiger partial charge in [-0.3, -0.25) is 5.10 Å². The van der Waals surface area contributed by atoms with Gasteiger partial charge >= 0.3 is 0 Å². The third kappa shape index (κ3) is 2.44. The quantitative estimate of drug-likeness (QED) is 0.767. The van der Waals surface area contributed by atoms with E-state index < -0.39 is 6.04 Å². The number of nitrogens with two attached hydrogens (primary N) is 1. The van der Waals surface area contributed by atoms with Gasteiger partial charge in [-0.15, -0.1) is 0 Å². The van der Waals surface area contributed by atoms with E-state index in [1.54, 1.807) is 12.1 Å². The number of benzene rings is 2. The summed E-state index contributed by atoms with van der Waals surface area (Å²) in [7, 11) is 0. The Morgan fingerprint density at radius 2 is 1.70 bits per heavy atom. The van der Waals surface area contributed by atoms with E-state index in [0.717, 1.165) is 11.1 Å². The van der Waals surface area contributed by atoms with Crippen LogP contribution >= 0.6 is 0 Å². The molecule has 3 rings (SSSR count). The minimum atomic E-state index is -0.458. The monoisotopic (exact) mass is 268 g/mol. The third-order valence-corrected chi connectivity index (χ3v) is 3.06. The summed E-state index contributed by atoms with van der Waals surface area (Å²) in [5.41, 5.74) is 7.80. The summed E-state index contributed by atoms with van der Waals surface area (Å²) in [5.74, 6) is 0.858. The molecular weight excluding hydrogens is 255 g/mol. The van der Waals surface area contributed by atoms with E-state index in [1.165, 1.54) is 12.1 Å². The Bertz CT molecular complexity index is 691. The van der Waals surface area contributed by atoms with Crippen LogP contribution in [0.15, 0.2) is 54.6 Å². The van der Waals surface area contributed by atoms with Gasteiger partial charge in [0, 0.05) is 5.56 Å². The van der Waals surface area contributed by atoms with Crippen LogP contribution in [0.1, 0.15) is 17.4 Å². The predicted molar refractivity (Wildman–Crippen MR) is 74.2 cm³/mol. The molecule has 4 nitrogen and oxygen atoms in total. The van der Waals surface area contributed by atoms with Crippen molar-refractivity contribution in [2.45, 2.75) is 6.04 Å². The van der Waals surface area contributed by atoms with Gasteiger partial charge in [-0.25, -0.2) is 9.37 Å². The standard InChI is InChI=1S/C15H13FN4/c16-12-8-6-10(7-9-12)13(17)15-18-14(19-20-15)11-4-2-1-3-5-11/h1-9,13H,17H2,(H,18,19,20)/t13-/m0/s1. The molecule has 3 aromatic rings. The molecule has 0 unspecified atom stereocenters. The summed E-state index contributed by atoms with van der Waals surface area (Å²) in [6, 6.07) is 15.2. The molecule has 0 aliphatic carbocycles. The molecule has 3 N–H and O–H groups in total. The van der Waals surface area contributed by atoms with Gasteiger partial charge in [0.1, 0.15) is 11.6 Å². The summed E-state index contributed by atoms with van der Waals surface area (Å²) < 4.78 is 12.9. The van der Waals surface area contributed by atoms with Gasteiger partial charge in [-0.05, 0) is 17.7 Å². The highest BCUT2D eigenvalue weighted by Crippen LogP contribution is 2.20. The molecule has 0 saturated heterocycles. The van der Waals surface area contributed by atoms with Crippen molar-refractivity contribution in [3.05, 3.63) is 71.8 Å². The van der Waals surface area contributed by atoms with E-state index >= 15 is 0 Å². The lowest BCUT2D eigenvalue weighted by Gasteiger charge is -2.07. The summed E-state index contributed by atoms with van der Waals surface area (Å²) in [5, 5.41) is 7.00. The zero-order chi connectivity index (χ0) is 13.9. The first-order valence-electron chi connectivity index (χ1n) is 6.23. The lowest BCUT2D eigenvalue weighted by Crippen LogP contribution is -2.13. The number of hydrogen-bond donors (Lipinski definition) is 2. The van der Waals surface area contributed by atoms with Crippen LogP contribution in [0.2, 0.25) is 0 Å². The average Bonchev–Trinajstić information content (AvgIpc) is 2.98. The first-order chi connectivity index (χ1) is 9.74. The Hall–Kier alpha value is -2.53. The van der Waals surface area contributed by atoms with Crippen molar-refractivity contribution in [2.24, 2.45) is 5.73 Å². The lowest BCUT2D eigenvalue weighted by atomic mass is 10.1. The Labute approximate surface area is 115 Å². The highest BCUT2D eigenvalue weighted by molar-refractivity contribution is 5.54. The van der Waals surface area contributed by atoms with Crippen LogP contribution in [-0.4, -0.2) is 15.2 Å². The van der Waals surface area contributed by atoms with Crippen molar-refractivity contribution < 1.29 is 4.39 Å². The van der Waals surface area contributed by atoms with Crippen LogP contribution in [0, 0.1) is 5.82 Å². The van der Waals surface area contributed by atoms with Crippen molar-refractivity contribution in [3.63, 3.8) is 0 Å². The second-order valence-electron chi connectivity index (χ2n) is 4.44. The number of aromatic amines is 1. The first kappa shape index (κ1) is 12.5. The Balaban J connectivity index is 1.88. The first-order valence-corrected chi connectivity index (χ1v) is 6.23. The highest BCUT2D eigenvalue weighted by atomic mass is 19.1. The van der Waals surface area contributed by atoms with E-state index in [9.17, 15) is 4.39 Å². The molecule has 0 bridgehead atoms. The number of aromatic nitrogens is 3. The molecule has 1 heterocycles. The predicted octanol–water partition coefficient (Wildman–Crippen LogP) is 2.66. The molecule has 0 saturated carbocycles. The van der Waals surface area contributed by atoms with Crippen LogP contribution in [-0.2, 0) is 0 Å². The van der Waals surface area contributed by atoms with E-state index in [-0.39, 0.29) is 5.82 Å². The normalized spacial score (nSPS) is 12.3. The molecule has 0 spiro atoms. The number of nitrogens with one attached hydrogen (secondary N) is 1. The number of nitrogens with zero attached hydrogens (tertiary/aromatic N) is 2. The summed E-state index contributed by atoms with van der Waals surface area (Å²) in [6.07, 6.45) is 0. The van der Waals surface area contributed by atoms with Crippen molar-refractivity contribution in [1.29, 1.82) is 0 Å². The van der Waals surface area contributed by atoms with E-state index in [2.05, 4.69) is 15.2 Å². The minimum absolute atomic E-state index is 0.288. The van der Waals surface area contributed by atoms with Gasteiger partial charge in [0.15, 0.2) is 5.82 Å². The smallest absolute Gasteiger partial charge is 0.181 e. The van der Waals surface area contributed by atoms with Crippen LogP contribution in [0.5, 0.6) is 0 Å². The fraction of sp³-hybridized carbons (Fsp3) is 0.0667. The van der Waals surface area contributed by atoms with Gasteiger partial charge < -0.3 is 5.73 Å². The summed E-state index contributed by atoms with van der Waals surface area (Å²) in [6.45, 7) is 0. The van der Waals surface area contributed by atoms with Crippen LogP contribution in [0.3, 0.4) is 0 Å². The average molecular weight is 268 g/mol. The SMILES string of the molecule is N[C@@H](c1ccc(F)cc1)c1nc(-c2ccccc2)n[nH]1. The van der Waals surface area contributed by atoms with Gasteiger partial charge in [-0.1, -0.05) is 42.5 Å². The van der Waals surface area contributed by atoms with Crippen LogP contribution in [0.4, 0.5) is 4.39 Å². The zero-order valence-corrected chi connectivity index (χ0v) is 10.6. The fourth-order valence-corrected chi connectivity index (χ4v) is 1.96. The number of hydrogen-bond acceptors (Lipinski definition) is 3. The molecule has 0 aliphatic rings. The maximum atomic E-state index is 12.9. The van der Waals surface area contributed by atoms with Gasteiger partial charge in [0.25, 0.3) is 0 Å². The van der Waals surface area contributed by atoms with E-state index in [1.807, 2.05) is 30.3 Å². The lowest BCUT2D eigenvalue weighted by molar-refractivity contribution is 0.626. The summed E-state index contributed by atoms with van der Waals surface area (Å²) >= 11 is 0. The molecule has 20 heavy (non-hydrogen) atoms. The molecule has 0 fully saturated rings. The van der Waals surface area contributed by atoms with Crippen molar-refractivity contribution in [3.8, 4) is 11.4 Å². The molecular formula is C15H13FN4. The fourth-order valence-electron chi connectivity index (χ4n) is 1.96. The minimum Gasteiger partial charge on any atom is -0.318 e. The maximum absolute atomic E-state index is 12.9. The summed E-state index contributed by atoms with van der Waals surface area (Å²) in [4.78, 5) is 4.39. The Morgan fingerprint density at radius 1 is 1.00 bits per heavy atom. The maximum Gasteiger partial charge on any atom is 0.181 e. The largest absolute Gasteiger partial charge is 0.318 e. The molecule has 100 valence electrons. The Kier molecular flexibility index (Phi) is 3.26. The van der Waals surface area contributed by atoms with Crippen molar-refractivity contribution in [2.75, 3.05) is 0 Å². The zero-order valence-electron chi connectivity index (χ0n) is 10.6. The van der Waals surface area contributed by atoms with E-state index in [4.69, 9.17) is 5.73 Å².